The molecule has 5 heteroatoms. The Kier molecular flexibility index (Phi) is 2.61. The zero-order valence-corrected chi connectivity index (χ0v) is 8.50. The van der Waals surface area contributed by atoms with E-state index in [0.29, 0.717) is 21.8 Å². The molecule has 0 spiro atoms. The number of rotatable bonds is 1. The van der Waals surface area contributed by atoms with E-state index in [1.807, 2.05) is 12.1 Å². The minimum atomic E-state index is 0.311. The van der Waals surface area contributed by atoms with Crippen LogP contribution < -0.4 is 0 Å². The van der Waals surface area contributed by atoms with Crippen molar-refractivity contribution in [2.75, 3.05) is 0 Å². The quantitative estimate of drug-likeness (QED) is 0.701. The fourth-order valence-electron chi connectivity index (χ4n) is 1.000. The Bertz CT molecular complexity index is 425. The summed E-state index contributed by atoms with van der Waals surface area (Å²) < 4.78 is 0. The molecule has 2 rings (SSSR count). The van der Waals surface area contributed by atoms with Crippen LogP contribution in [-0.4, -0.2) is 15.0 Å². The molecule has 3 nitrogen and oxygen atoms in total. The van der Waals surface area contributed by atoms with E-state index in [0.717, 1.165) is 0 Å². The van der Waals surface area contributed by atoms with E-state index in [-0.39, 0.29) is 0 Å². The van der Waals surface area contributed by atoms with Crippen LogP contribution in [0.3, 0.4) is 0 Å². The maximum atomic E-state index is 5.74. The van der Waals surface area contributed by atoms with Crippen LogP contribution >= 0.6 is 23.2 Å². The average Bonchev–Trinajstić information content (AvgIpc) is 2.18. The second kappa shape index (κ2) is 3.90. The minimum absolute atomic E-state index is 0.311. The van der Waals surface area contributed by atoms with Gasteiger partial charge in [-0.2, -0.15) is 0 Å². The van der Waals surface area contributed by atoms with Crippen LogP contribution in [-0.2, 0) is 0 Å². The van der Waals surface area contributed by atoms with Crippen LogP contribution in [0.4, 0.5) is 0 Å². The molecule has 0 fully saturated rings. The summed E-state index contributed by atoms with van der Waals surface area (Å²) in [6, 6.07) is 6.94. The Morgan fingerprint density at radius 1 is 1.00 bits per heavy atom. The van der Waals surface area contributed by atoms with Crippen LogP contribution in [0.1, 0.15) is 0 Å². The fraction of sp³-hybridized carbons (Fsp3) is 0. The topological polar surface area (TPSA) is 38.7 Å². The van der Waals surface area contributed by atoms with Crippen LogP contribution in [0.2, 0.25) is 10.3 Å². The van der Waals surface area contributed by atoms with Gasteiger partial charge in [0.15, 0.2) is 5.82 Å². The summed E-state index contributed by atoms with van der Waals surface area (Å²) >= 11 is 11.5. The lowest BCUT2D eigenvalue weighted by Gasteiger charge is -1.99. The largest absolute Gasteiger partial charge is 0.253 e. The lowest BCUT2D eigenvalue weighted by atomic mass is 10.3. The Morgan fingerprint density at radius 2 is 1.71 bits per heavy atom. The third-order valence-corrected chi connectivity index (χ3v) is 1.94. The predicted molar refractivity (Wildman–Crippen MR) is 55.3 cm³/mol. The van der Waals surface area contributed by atoms with E-state index in [9.17, 15) is 0 Å². The minimum Gasteiger partial charge on any atom is -0.253 e. The number of hydrogen-bond acceptors (Lipinski definition) is 3. The van der Waals surface area contributed by atoms with E-state index in [2.05, 4.69) is 15.0 Å². The van der Waals surface area contributed by atoms with Gasteiger partial charge in [0.1, 0.15) is 16.0 Å². The van der Waals surface area contributed by atoms with Gasteiger partial charge in [0, 0.05) is 12.3 Å². The van der Waals surface area contributed by atoms with Crippen LogP contribution in [0.5, 0.6) is 0 Å². The molecule has 14 heavy (non-hydrogen) atoms. The highest BCUT2D eigenvalue weighted by Crippen LogP contribution is 2.17. The Morgan fingerprint density at radius 3 is 2.29 bits per heavy atom. The third-order valence-electron chi connectivity index (χ3n) is 1.56. The van der Waals surface area contributed by atoms with E-state index < -0.39 is 0 Å². The number of hydrogen-bond donors (Lipinski definition) is 0. The Labute approximate surface area is 90.8 Å². The van der Waals surface area contributed by atoms with Gasteiger partial charge in [-0.15, -0.1) is 0 Å². The standard InChI is InChI=1S/C9H5Cl2N3/c10-7-5-8(11)14-9(13-7)6-3-1-2-4-12-6/h1-5H. The summed E-state index contributed by atoms with van der Waals surface area (Å²) in [7, 11) is 0. The summed E-state index contributed by atoms with van der Waals surface area (Å²) in [6.45, 7) is 0. The van der Waals surface area contributed by atoms with Crippen molar-refractivity contribution >= 4 is 23.2 Å². The molecule has 70 valence electrons. The van der Waals surface area contributed by atoms with Crippen LogP contribution in [0, 0.1) is 0 Å². The van der Waals surface area contributed by atoms with Crippen molar-refractivity contribution in [3.8, 4) is 11.5 Å². The second-order valence-corrected chi connectivity index (χ2v) is 3.33. The molecule has 0 bridgehead atoms. The molecule has 0 atom stereocenters. The van der Waals surface area contributed by atoms with Crippen molar-refractivity contribution in [3.63, 3.8) is 0 Å². The summed E-state index contributed by atoms with van der Waals surface area (Å²) in [5.74, 6) is 0.433. The highest BCUT2D eigenvalue weighted by molar-refractivity contribution is 6.33. The van der Waals surface area contributed by atoms with Gasteiger partial charge in [-0.05, 0) is 12.1 Å². The van der Waals surface area contributed by atoms with Crippen molar-refractivity contribution in [3.05, 3.63) is 40.8 Å². The zero-order chi connectivity index (χ0) is 9.97. The molecule has 2 aromatic heterocycles. The van der Waals surface area contributed by atoms with Crippen molar-refractivity contribution < 1.29 is 0 Å². The molecule has 0 aliphatic rings. The number of pyridine rings is 1. The van der Waals surface area contributed by atoms with E-state index in [1.165, 1.54) is 6.07 Å². The molecule has 0 aliphatic heterocycles. The average molecular weight is 226 g/mol. The van der Waals surface area contributed by atoms with Crippen LogP contribution in [0.15, 0.2) is 30.5 Å². The van der Waals surface area contributed by atoms with Crippen molar-refractivity contribution in [1.29, 1.82) is 0 Å². The normalized spacial score (nSPS) is 10.1. The van der Waals surface area contributed by atoms with Gasteiger partial charge in [-0.1, -0.05) is 29.3 Å². The Balaban J connectivity index is 2.52. The lowest BCUT2D eigenvalue weighted by molar-refractivity contribution is 1.14. The molecule has 0 amide bonds. The first-order valence-electron chi connectivity index (χ1n) is 3.87. The van der Waals surface area contributed by atoms with Gasteiger partial charge in [-0.3, -0.25) is 4.98 Å². The second-order valence-electron chi connectivity index (χ2n) is 2.55. The molecular weight excluding hydrogens is 221 g/mol. The monoisotopic (exact) mass is 225 g/mol. The van der Waals surface area contributed by atoms with Gasteiger partial charge in [0.2, 0.25) is 0 Å². The molecule has 0 aromatic carbocycles. The van der Waals surface area contributed by atoms with E-state index in [1.54, 1.807) is 12.3 Å². The summed E-state index contributed by atoms with van der Waals surface area (Å²) in [4.78, 5) is 12.1. The number of aromatic nitrogens is 3. The first-order chi connectivity index (χ1) is 6.75. The highest BCUT2D eigenvalue weighted by atomic mass is 35.5. The zero-order valence-electron chi connectivity index (χ0n) is 6.98. The molecule has 2 aromatic rings. The van der Waals surface area contributed by atoms with Gasteiger partial charge in [0.05, 0.1) is 0 Å². The van der Waals surface area contributed by atoms with Gasteiger partial charge < -0.3 is 0 Å². The molecule has 0 radical (unpaired) electrons. The maximum absolute atomic E-state index is 5.74. The van der Waals surface area contributed by atoms with Gasteiger partial charge in [0.25, 0.3) is 0 Å². The number of nitrogens with zero attached hydrogens (tertiary/aromatic N) is 3. The summed E-state index contributed by atoms with van der Waals surface area (Å²) in [5.41, 5.74) is 0.650. The first kappa shape index (κ1) is 9.37. The van der Waals surface area contributed by atoms with E-state index in [4.69, 9.17) is 23.2 Å². The van der Waals surface area contributed by atoms with Crippen LogP contribution in [0.25, 0.3) is 11.5 Å². The molecule has 0 saturated carbocycles. The molecule has 2 heterocycles. The maximum Gasteiger partial charge on any atom is 0.181 e. The van der Waals surface area contributed by atoms with Crippen molar-refractivity contribution in [1.82, 2.24) is 15.0 Å². The molecule has 0 unspecified atom stereocenters. The van der Waals surface area contributed by atoms with E-state index >= 15 is 0 Å². The molecule has 0 N–H and O–H groups in total. The summed E-state index contributed by atoms with van der Waals surface area (Å²) in [5, 5.41) is 0.622. The summed E-state index contributed by atoms with van der Waals surface area (Å²) in [6.07, 6.45) is 1.66. The Hall–Kier alpha value is -1.19. The van der Waals surface area contributed by atoms with Crippen molar-refractivity contribution in [2.24, 2.45) is 0 Å². The van der Waals surface area contributed by atoms with Crippen molar-refractivity contribution in [2.45, 2.75) is 0 Å². The first-order valence-corrected chi connectivity index (χ1v) is 4.63. The van der Waals surface area contributed by atoms with Gasteiger partial charge in [-0.25, -0.2) is 9.97 Å². The fourth-order valence-corrected chi connectivity index (χ4v) is 1.42. The molecule has 0 saturated heterocycles. The van der Waals surface area contributed by atoms with Gasteiger partial charge >= 0.3 is 0 Å². The smallest absolute Gasteiger partial charge is 0.181 e. The SMILES string of the molecule is Clc1cc(Cl)nc(-c2ccccn2)n1. The molecular formula is C9H5Cl2N3. The highest BCUT2D eigenvalue weighted by Gasteiger charge is 2.04. The number of halogens is 2. The molecule has 0 aliphatic carbocycles. The third kappa shape index (κ3) is 2.00. The lowest BCUT2D eigenvalue weighted by Crippen LogP contribution is -1.91. The predicted octanol–water partition coefficient (Wildman–Crippen LogP) is 2.85.